The smallest absolute Gasteiger partial charge is 0.119 e. The molecule has 1 unspecified atom stereocenters. The van der Waals surface area contributed by atoms with Crippen LogP contribution >= 0.6 is 11.8 Å². The maximum Gasteiger partial charge on any atom is 0.119 e. The molecular formula is C17H27NOS. The number of nitrogens with one attached hydrogen (secondary N) is 1. The van der Waals surface area contributed by atoms with E-state index in [1.54, 1.807) is 7.11 Å². The summed E-state index contributed by atoms with van der Waals surface area (Å²) in [6.07, 6.45) is 3.80. The van der Waals surface area contributed by atoms with Crippen molar-refractivity contribution in [1.82, 2.24) is 5.32 Å². The van der Waals surface area contributed by atoms with Crippen LogP contribution in [0.25, 0.3) is 0 Å². The summed E-state index contributed by atoms with van der Waals surface area (Å²) in [5.41, 5.74) is 1.43. The summed E-state index contributed by atoms with van der Waals surface area (Å²) in [6, 6.07) is 9.87. The van der Waals surface area contributed by atoms with E-state index in [2.05, 4.69) is 37.4 Å². The van der Waals surface area contributed by atoms with Gasteiger partial charge in [0.1, 0.15) is 5.75 Å². The summed E-state index contributed by atoms with van der Waals surface area (Å²) in [4.78, 5) is 0. The van der Waals surface area contributed by atoms with Gasteiger partial charge in [0.15, 0.2) is 0 Å². The number of benzene rings is 1. The SMILES string of the molecule is CCSCCC(C)NC1CC(c2cccc(OC)c2)C1. The van der Waals surface area contributed by atoms with Crippen LogP contribution in [0.4, 0.5) is 0 Å². The Balaban J connectivity index is 1.71. The summed E-state index contributed by atoms with van der Waals surface area (Å²) in [6.45, 7) is 4.54. The third-order valence-corrected chi connectivity index (χ3v) is 5.06. The predicted molar refractivity (Wildman–Crippen MR) is 89.0 cm³/mol. The molecule has 0 radical (unpaired) electrons. The van der Waals surface area contributed by atoms with Crippen molar-refractivity contribution in [2.75, 3.05) is 18.6 Å². The van der Waals surface area contributed by atoms with Crippen LogP contribution in [0.3, 0.4) is 0 Å². The molecule has 0 aliphatic heterocycles. The Morgan fingerprint density at radius 1 is 1.40 bits per heavy atom. The monoisotopic (exact) mass is 293 g/mol. The highest BCUT2D eigenvalue weighted by atomic mass is 32.2. The van der Waals surface area contributed by atoms with Crippen molar-refractivity contribution in [1.29, 1.82) is 0 Å². The second-order valence-corrected chi connectivity index (χ2v) is 7.09. The Hall–Kier alpha value is -0.670. The molecule has 0 aromatic heterocycles. The van der Waals surface area contributed by atoms with E-state index in [0.29, 0.717) is 18.0 Å². The highest BCUT2D eigenvalue weighted by Gasteiger charge is 2.30. The number of methoxy groups -OCH3 is 1. The minimum atomic E-state index is 0.644. The van der Waals surface area contributed by atoms with Gasteiger partial charge < -0.3 is 10.1 Å². The molecule has 112 valence electrons. The molecule has 0 bridgehead atoms. The van der Waals surface area contributed by atoms with Gasteiger partial charge in [-0.25, -0.2) is 0 Å². The standard InChI is InChI=1S/C17H27NOS/c1-4-20-9-8-13(2)18-16-10-15(11-16)14-6-5-7-17(12-14)19-3/h5-7,12-13,15-16,18H,4,8-11H2,1-3H3. The van der Waals surface area contributed by atoms with Gasteiger partial charge in [-0.15, -0.1) is 0 Å². The lowest BCUT2D eigenvalue weighted by molar-refractivity contribution is 0.267. The number of hydrogen-bond acceptors (Lipinski definition) is 3. The highest BCUT2D eigenvalue weighted by Crippen LogP contribution is 2.38. The average molecular weight is 293 g/mol. The summed E-state index contributed by atoms with van der Waals surface area (Å²) in [5, 5.41) is 3.76. The Morgan fingerprint density at radius 2 is 2.20 bits per heavy atom. The molecule has 2 rings (SSSR count). The van der Waals surface area contributed by atoms with E-state index in [9.17, 15) is 0 Å². The van der Waals surface area contributed by atoms with Crippen molar-refractivity contribution >= 4 is 11.8 Å². The molecule has 0 heterocycles. The highest BCUT2D eigenvalue weighted by molar-refractivity contribution is 7.99. The van der Waals surface area contributed by atoms with Crippen molar-refractivity contribution in [2.24, 2.45) is 0 Å². The number of hydrogen-bond donors (Lipinski definition) is 1. The molecule has 2 nitrogen and oxygen atoms in total. The number of rotatable bonds is 8. The average Bonchev–Trinajstić information content (AvgIpc) is 2.42. The Morgan fingerprint density at radius 3 is 2.90 bits per heavy atom. The first kappa shape index (κ1) is 15.7. The summed E-state index contributed by atoms with van der Waals surface area (Å²) >= 11 is 2.04. The Kier molecular flexibility index (Phi) is 6.24. The second kappa shape index (κ2) is 7.94. The van der Waals surface area contributed by atoms with E-state index in [0.717, 1.165) is 5.75 Å². The zero-order valence-electron chi connectivity index (χ0n) is 12.9. The third kappa shape index (κ3) is 4.42. The molecular weight excluding hydrogens is 266 g/mol. The first-order valence-electron chi connectivity index (χ1n) is 7.70. The van der Waals surface area contributed by atoms with E-state index in [1.807, 2.05) is 17.8 Å². The minimum Gasteiger partial charge on any atom is -0.497 e. The van der Waals surface area contributed by atoms with Gasteiger partial charge in [-0.2, -0.15) is 11.8 Å². The molecule has 1 saturated carbocycles. The first-order valence-corrected chi connectivity index (χ1v) is 8.86. The summed E-state index contributed by atoms with van der Waals surface area (Å²) < 4.78 is 5.30. The Bertz CT molecular complexity index is 404. The Labute approximate surface area is 127 Å². The topological polar surface area (TPSA) is 21.3 Å². The van der Waals surface area contributed by atoms with Gasteiger partial charge in [-0.3, -0.25) is 0 Å². The molecule has 1 aromatic rings. The molecule has 20 heavy (non-hydrogen) atoms. The van der Waals surface area contributed by atoms with Crippen LogP contribution in [0.1, 0.15) is 44.6 Å². The van der Waals surface area contributed by atoms with Gasteiger partial charge in [0.05, 0.1) is 7.11 Å². The third-order valence-electron chi connectivity index (χ3n) is 4.12. The fourth-order valence-corrected chi connectivity index (χ4v) is 3.62. The molecule has 1 aromatic carbocycles. The number of thioether (sulfide) groups is 1. The molecule has 1 atom stereocenters. The molecule has 1 aliphatic rings. The number of ether oxygens (including phenoxy) is 1. The maximum atomic E-state index is 5.30. The van der Waals surface area contributed by atoms with Crippen LogP contribution in [0.2, 0.25) is 0 Å². The minimum absolute atomic E-state index is 0.644. The maximum absolute atomic E-state index is 5.30. The summed E-state index contributed by atoms with van der Waals surface area (Å²) in [7, 11) is 1.74. The summed E-state index contributed by atoms with van der Waals surface area (Å²) in [5.74, 6) is 4.19. The van der Waals surface area contributed by atoms with Crippen LogP contribution in [0.15, 0.2) is 24.3 Å². The lowest BCUT2D eigenvalue weighted by atomic mass is 9.75. The van der Waals surface area contributed by atoms with E-state index in [1.165, 1.54) is 36.3 Å². The van der Waals surface area contributed by atoms with Crippen molar-refractivity contribution < 1.29 is 4.74 Å². The first-order chi connectivity index (χ1) is 9.72. The van der Waals surface area contributed by atoms with Gasteiger partial charge in [0.2, 0.25) is 0 Å². The molecule has 0 spiro atoms. The van der Waals surface area contributed by atoms with Crippen molar-refractivity contribution in [3.8, 4) is 5.75 Å². The lowest BCUT2D eigenvalue weighted by Gasteiger charge is -2.38. The van der Waals surface area contributed by atoms with E-state index in [-0.39, 0.29) is 0 Å². The van der Waals surface area contributed by atoms with Crippen molar-refractivity contribution in [3.05, 3.63) is 29.8 Å². The largest absolute Gasteiger partial charge is 0.497 e. The fourth-order valence-electron chi connectivity index (χ4n) is 2.81. The van der Waals surface area contributed by atoms with E-state index in [4.69, 9.17) is 4.74 Å². The van der Waals surface area contributed by atoms with Crippen LogP contribution in [0, 0.1) is 0 Å². The van der Waals surface area contributed by atoms with Crippen molar-refractivity contribution in [2.45, 2.75) is 51.1 Å². The second-order valence-electron chi connectivity index (χ2n) is 5.70. The molecule has 1 fully saturated rings. The van der Waals surface area contributed by atoms with Crippen LogP contribution < -0.4 is 10.1 Å². The van der Waals surface area contributed by atoms with E-state index < -0.39 is 0 Å². The van der Waals surface area contributed by atoms with Crippen molar-refractivity contribution in [3.63, 3.8) is 0 Å². The van der Waals surface area contributed by atoms with Gasteiger partial charge >= 0.3 is 0 Å². The molecule has 0 amide bonds. The molecule has 3 heteroatoms. The lowest BCUT2D eigenvalue weighted by Crippen LogP contribution is -2.44. The van der Waals surface area contributed by atoms with Crippen LogP contribution in [0.5, 0.6) is 5.75 Å². The zero-order chi connectivity index (χ0) is 14.4. The zero-order valence-corrected chi connectivity index (χ0v) is 13.7. The van der Waals surface area contributed by atoms with Gasteiger partial charge in [-0.05, 0) is 61.3 Å². The molecule has 1 aliphatic carbocycles. The van der Waals surface area contributed by atoms with Gasteiger partial charge in [0, 0.05) is 12.1 Å². The molecule has 1 N–H and O–H groups in total. The van der Waals surface area contributed by atoms with Crippen LogP contribution in [-0.2, 0) is 0 Å². The fraction of sp³-hybridized carbons (Fsp3) is 0.647. The molecule has 0 saturated heterocycles. The quantitative estimate of drug-likeness (QED) is 0.730. The van der Waals surface area contributed by atoms with E-state index >= 15 is 0 Å². The van der Waals surface area contributed by atoms with Gasteiger partial charge in [-0.1, -0.05) is 19.1 Å². The normalized spacial score (nSPS) is 23.1. The van der Waals surface area contributed by atoms with Gasteiger partial charge in [0.25, 0.3) is 0 Å². The van der Waals surface area contributed by atoms with Crippen LogP contribution in [-0.4, -0.2) is 30.7 Å². The predicted octanol–water partition coefficient (Wildman–Crippen LogP) is 4.06.